The lowest BCUT2D eigenvalue weighted by atomic mass is 10.1. The van der Waals surface area contributed by atoms with Gasteiger partial charge in [-0.05, 0) is 37.0 Å². The Hall–Kier alpha value is -2.57. The fourth-order valence-corrected chi connectivity index (χ4v) is 3.45. The smallest absolute Gasteiger partial charge is 0.312 e. The van der Waals surface area contributed by atoms with Gasteiger partial charge in [0.1, 0.15) is 5.75 Å². The van der Waals surface area contributed by atoms with Crippen molar-refractivity contribution in [2.75, 3.05) is 39.3 Å². The molecule has 7 heteroatoms. The third-order valence-electron chi connectivity index (χ3n) is 5.13. The third kappa shape index (κ3) is 3.66. The molecule has 140 valence electrons. The molecule has 0 aliphatic carbocycles. The van der Waals surface area contributed by atoms with Gasteiger partial charge in [0.15, 0.2) is 0 Å². The third-order valence-corrected chi connectivity index (χ3v) is 5.13. The summed E-state index contributed by atoms with van der Waals surface area (Å²) in [4.78, 5) is 42.0. The molecule has 3 rings (SSSR count). The maximum atomic E-state index is 12.7. The number of likely N-dealkylation sites (tertiary alicyclic amines) is 1. The van der Waals surface area contributed by atoms with Gasteiger partial charge in [-0.2, -0.15) is 0 Å². The molecule has 0 bridgehead atoms. The van der Waals surface area contributed by atoms with Crippen LogP contribution in [0, 0.1) is 0 Å². The topological polar surface area (TPSA) is 81.2 Å². The molecule has 1 N–H and O–H groups in total. The minimum Gasteiger partial charge on any atom is -0.507 e. The van der Waals surface area contributed by atoms with E-state index in [1.54, 1.807) is 28.0 Å². The van der Waals surface area contributed by atoms with Gasteiger partial charge < -0.3 is 19.8 Å². The Morgan fingerprint density at radius 2 is 1.42 bits per heavy atom. The van der Waals surface area contributed by atoms with Crippen molar-refractivity contribution in [3.05, 3.63) is 29.3 Å². The molecule has 1 aromatic rings. The number of phenolic OH excluding ortho intramolecular Hbond substituents is 1. The van der Waals surface area contributed by atoms with Gasteiger partial charge >= 0.3 is 11.8 Å². The number of hydrogen-bond acceptors (Lipinski definition) is 4. The molecule has 2 heterocycles. The lowest BCUT2D eigenvalue weighted by Crippen LogP contribution is -2.54. The zero-order valence-electron chi connectivity index (χ0n) is 15.1. The zero-order chi connectivity index (χ0) is 18.7. The number of hydrogen-bond donors (Lipinski definition) is 1. The summed E-state index contributed by atoms with van der Waals surface area (Å²) in [6, 6.07) is 5.05. The van der Waals surface area contributed by atoms with Crippen molar-refractivity contribution in [3.63, 3.8) is 0 Å². The maximum Gasteiger partial charge on any atom is 0.312 e. The molecule has 1 aromatic carbocycles. The fourth-order valence-electron chi connectivity index (χ4n) is 3.45. The van der Waals surface area contributed by atoms with Crippen LogP contribution in [0.4, 0.5) is 0 Å². The molecule has 0 spiro atoms. The number of aromatic hydroxyl groups is 1. The second-order valence-electron chi connectivity index (χ2n) is 6.79. The highest BCUT2D eigenvalue weighted by Crippen LogP contribution is 2.21. The summed E-state index contributed by atoms with van der Waals surface area (Å²) in [5.41, 5.74) is 1.27. The zero-order valence-corrected chi connectivity index (χ0v) is 15.1. The number of aryl methyl sites for hydroxylation is 1. The molecular weight excluding hydrogens is 334 g/mol. The van der Waals surface area contributed by atoms with Crippen LogP contribution in [0.2, 0.25) is 0 Å². The Bertz CT molecular complexity index is 705. The first kappa shape index (κ1) is 18.2. The standard InChI is InChI=1S/C19H25N3O4/c1-2-14-5-6-16(23)15(13-14)17(24)21-9-11-22(12-10-21)19(26)18(25)20-7-3-4-8-20/h5-6,13,23H,2-4,7-12H2,1H3. The van der Waals surface area contributed by atoms with Gasteiger partial charge in [0.2, 0.25) is 0 Å². The van der Waals surface area contributed by atoms with Crippen LogP contribution in [-0.4, -0.2) is 76.8 Å². The average molecular weight is 359 g/mol. The molecule has 7 nitrogen and oxygen atoms in total. The summed E-state index contributed by atoms with van der Waals surface area (Å²) in [5, 5.41) is 10.0. The molecule has 3 amide bonds. The molecule has 26 heavy (non-hydrogen) atoms. The minimum absolute atomic E-state index is 0.0325. The molecule has 2 fully saturated rings. The monoisotopic (exact) mass is 359 g/mol. The number of carbonyl (C=O) groups is 3. The number of phenols is 1. The average Bonchev–Trinajstić information content (AvgIpc) is 3.21. The highest BCUT2D eigenvalue weighted by atomic mass is 16.3. The summed E-state index contributed by atoms with van der Waals surface area (Å²) >= 11 is 0. The second-order valence-corrected chi connectivity index (χ2v) is 6.79. The van der Waals surface area contributed by atoms with E-state index in [2.05, 4.69) is 0 Å². The van der Waals surface area contributed by atoms with E-state index in [0.29, 0.717) is 39.3 Å². The largest absolute Gasteiger partial charge is 0.507 e. The van der Waals surface area contributed by atoms with Crippen LogP contribution < -0.4 is 0 Å². The number of rotatable bonds is 2. The highest BCUT2D eigenvalue weighted by molar-refractivity contribution is 6.35. The van der Waals surface area contributed by atoms with Crippen molar-refractivity contribution >= 4 is 17.7 Å². The number of benzene rings is 1. The number of piperazine rings is 1. The van der Waals surface area contributed by atoms with Crippen molar-refractivity contribution in [2.24, 2.45) is 0 Å². The Kier molecular flexibility index (Phi) is 5.44. The lowest BCUT2D eigenvalue weighted by molar-refractivity contribution is -0.152. The van der Waals surface area contributed by atoms with Gasteiger partial charge in [-0.1, -0.05) is 13.0 Å². The quantitative estimate of drug-likeness (QED) is 0.794. The van der Waals surface area contributed by atoms with Crippen LogP contribution in [-0.2, 0) is 16.0 Å². The van der Waals surface area contributed by atoms with Crippen LogP contribution in [0.3, 0.4) is 0 Å². The Balaban J connectivity index is 1.60. The fraction of sp³-hybridized carbons (Fsp3) is 0.526. The normalized spacial score (nSPS) is 17.5. The van der Waals surface area contributed by atoms with Gasteiger partial charge in [0.25, 0.3) is 5.91 Å². The van der Waals surface area contributed by atoms with Gasteiger partial charge in [0.05, 0.1) is 5.56 Å². The molecule has 2 saturated heterocycles. The van der Waals surface area contributed by atoms with Crippen molar-refractivity contribution in [1.29, 1.82) is 0 Å². The van der Waals surface area contributed by atoms with E-state index in [9.17, 15) is 19.5 Å². The number of nitrogens with zero attached hydrogens (tertiary/aromatic N) is 3. The van der Waals surface area contributed by atoms with Crippen LogP contribution in [0.25, 0.3) is 0 Å². The molecule has 0 radical (unpaired) electrons. The van der Waals surface area contributed by atoms with Gasteiger partial charge in [0, 0.05) is 39.3 Å². The van der Waals surface area contributed by atoms with Crippen molar-refractivity contribution in [2.45, 2.75) is 26.2 Å². The summed E-state index contributed by atoms with van der Waals surface area (Å²) < 4.78 is 0. The molecule has 2 aliphatic heterocycles. The van der Waals surface area contributed by atoms with Crippen LogP contribution in [0.1, 0.15) is 35.7 Å². The van der Waals surface area contributed by atoms with E-state index in [1.807, 2.05) is 6.92 Å². The van der Waals surface area contributed by atoms with Crippen molar-refractivity contribution in [3.8, 4) is 5.75 Å². The summed E-state index contributed by atoms with van der Waals surface area (Å²) in [6.07, 6.45) is 2.67. The minimum atomic E-state index is -0.477. The molecule has 2 aliphatic rings. The molecule has 0 aromatic heterocycles. The second kappa shape index (κ2) is 7.76. The molecule has 0 saturated carbocycles. The van der Waals surface area contributed by atoms with E-state index >= 15 is 0 Å². The Morgan fingerprint density at radius 3 is 2.00 bits per heavy atom. The summed E-state index contributed by atoms with van der Waals surface area (Å²) in [7, 11) is 0. The Morgan fingerprint density at radius 1 is 0.885 bits per heavy atom. The highest BCUT2D eigenvalue weighted by Gasteiger charge is 2.32. The first-order chi connectivity index (χ1) is 12.5. The van der Waals surface area contributed by atoms with E-state index in [4.69, 9.17) is 0 Å². The predicted molar refractivity (Wildman–Crippen MR) is 95.8 cm³/mol. The number of carbonyl (C=O) groups excluding carboxylic acids is 3. The van der Waals surface area contributed by atoms with Crippen LogP contribution in [0.15, 0.2) is 18.2 Å². The lowest BCUT2D eigenvalue weighted by Gasteiger charge is -2.35. The molecular formula is C19H25N3O4. The Labute approximate surface area is 153 Å². The SMILES string of the molecule is CCc1ccc(O)c(C(=O)N2CCN(C(=O)C(=O)N3CCCC3)CC2)c1. The number of amides is 3. The van der Waals surface area contributed by atoms with Gasteiger partial charge in [-0.25, -0.2) is 0 Å². The first-order valence-electron chi connectivity index (χ1n) is 9.20. The van der Waals surface area contributed by atoms with E-state index < -0.39 is 11.8 Å². The van der Waals surface area contributed by atoms with Crippen molar-refractivity contribution in [1.82, 2.24) is 14.7 Å². The van der Waals surface area contributed by atoms with E-state index in [0.717, 1.165) is 24.8 Å². The van der Waals surface area contributed by atoms with Gasteiger partial charge in [-0.3, -0.25) is 14.4 Å². The summed E-state index contributed by atoms with van der Waals surface area (Å²) in [6.45, 7) is 4.66. The van der Waals surface area contributed by atoms with E-state index in [-0.39, 0.29) is 17.2 Å². The molecule has 0 unspecified atom stereocenters. The first-order valence-corrected chi connectivity index (χ1v) is 9.20. The van der Waals surface area contributed by atoms with E-state index in [1.165, 1.54) is 4.90 Å². The van der Waals surface area contributed by atoms with Crippen LogP contribution in [0.5, 0.6) is 5.75 Å². The molecule has 0 atom stereocenters. The maximum absolute atomic E-state index is 12.7. The predicted octanol–water partition coefficient (Wildman–Crippen LogP) is 0.861. The summed E-state index contributed by atoms with van der Waals surface area (Å²) in [5.74, 6) is -1.18. The van der Waals surface area contributed by atoms with Gasteiger partial charge in [-0.15, -0.1) is 0 Å². The van der Waals surface area contributed by atoms with Crippen molar-refractivity contribution < 1.29 is 19.5 Å². The van der Waals surface area contributed by atoms with Crippen LogP contribution >= 0.6 is 0 Å².